The van der Waals surface area contributed by atoms with Gasteiger partial charge in [-0.1, -0.05) is 44.2 Å². The Morgan fingerprint density at radius 2 is 1.75 bits per heavy atom. The van der Waals surface area contributed by atoms with Crippen LogP contribution in [0.5, 0.6) is 0 Å². The van der Waals surface area contributed by atoms with Gasteiger partial charge < -0.3 is 5.32 Å². The number of rotatable bonds is 7. The topological polar surface area (TPSA) is 15.3 Å². The van der Waals surface area contributed by atoms with Gasteiger partial charge in [0.25, 0.3) is 0 Å². The van der Waals surface area contributed by atoms with Crippen molar-refractivity contribution < 1.29 is 0 Å². The zero-order chi connectivity index (χ0) is 11.8. The molecule has 1 atom stereocenters. The molecule has 0 fully saturated rings. The van der Waals surface area contributed by atoms with Crippen LogP contribution in [0.3, 0.4) is 0 Å². The summed E-state index contributed by atoms with van der Waals surface area (Å²) in [7, 11) is 0. The standard InChI is InChI=1S/C14H24N2/c1-4-16(5-2)13(3)11-15-12-14-9-7-6-8-10-14/h6-10,13,15H,4-5,11-12H2,1-3H3/t13-/m1/s1. The van der Waals surface area contributed by atoms with E-state index in [1.165, 1.54) is 5.56 Å². The Hall–Kier alpha value is -0.860. The molecule has 1 aromatic rings. The normalized spacial score (nSPS) is 13.0. The van der Waals surface area contributed by atoms with Crippen molar-refractivity contribution in [1.82, 2.24) is 10.2 Å². The van der Waals surface area contributed by atoms with E-state index in [1.807, 2.05) is 0 Å². The molecule has 0 amide bonds. The van der Waals surface area contributed by atoms with Gasteiger partial charge in [0, 0.05) is 19.1 Å². The summed E-state index contributed by atoms with van der Waals surface area (Å²) in [6.07, 6.45) is 0. The smallest absolute Gasteiger partial charge is 0.0206 e. The summed E-state index contributed by atoms with van der Waals surface area (Å²) in [4.78, 5) is 2.47. The van der Waals surface area contributed by atoms with E-state index in [-0.39, 0.29) is 0 Å². The van der Waals surface area contributed by atoms with Crippen molar-refractivity contribution in [2.24, 2.45) is 0 Å². The van der Waals surface area contributed by atoms with E-state index in [0.29, 0.717) is 6.04 Å². The Morgan fingerprint density at radius 1 is 1.12 bits per heavy atom. The lowest BCUT2D eigenvalue weighted by molar-refractivity contribution is 0.225. The molecule has 0 aliphatic rings. The van der Waals surface area contributed by atoms with Crippen LogP contribution in [0.25, 0.3) is 0 Å². The van der Waals surface area contributed by atoms with Gasteiger partial charge in [-0.05, 0) is 25.6 Å². The Bertz CT molecular complexity index is 267. The average Bonchev–Trinajstić information content (AvgIpc) is 2.32. The fourth-order valence-corrected chi connectivity index (χ4v) is 2.00. The van der Waals surface area contributed by atoms with Crippen LogP contribution in [0.2, 0.25) is 0 Å². The van der Waals surface area contributed by atoms with Gasteiger partial charge in [-0.2, -0.15) is 0 Å². The van der Waals surface area contributed by atoms with E-state index in [4.69, 9.17) is 0 Å². The third kappa shape index (κ3) is 4.33. The van der Waals surface area contributed by atoms with E-state index >= 15 is 0 Å². The molecule has 0 saturated carbocycles. The molecule has 0 saturated heterocycles. The third-order valence-corrected chi connectivity index (χ3v) is 3.05. The number of hydrogen-bond donors (Lipinski definition) is 1. The van der Waals surface area contributed by atoms with Gasteiger partial charge in [0.15, 0.2) is 0 Å². The highest BCUT2D eigenvalue weighted by Crippen LogP contribution is 1.99. The number of nitrogens with zero attached hydrogens (tertiary/aromatic N) is 1. The maximum Gasteiger partial charge on any atom is 0.0206 e. The SMILES string of the molecule is CCN(CC)[C@H](C)CNCc1ccccc1. The molecule has 2 heteroatoms. The predicted octanol–water partition coefficient (Wildman–Crippen LogP) is 2.51. The zero-order valence-corrected chi connectivity index (χ0v) is 10.7. The van der Waals surface area contributed by atoms with Crippen molar-refractivity contribution in [2.75, 3.05) is 19.6 Å². The van der Waals surface area contributed by atoms with Crippen molar-refractivity contribution >= 4 is 0 Å². The van der Waals surface area contributed by atoms with Crippen molar-refractivity contribution in [3.05, 3.63) is 35.9 Å². The molecular weight excluding hydrogens is 196 g/mol. The van der Waals surface area contributed by atoms with E-state index in [2.05, 4.69) is 61.3 Å². The zero-order valence-electron chi connectivity index (χ0n) is 10.7. The van der Waals surface area contributed by atoms with Crippen LogP contribution in [0.1, 0.15) is 26.3 Å². The molecule has 1 rings (SSSR count). The van der Waals surface area contributed by atoms with Gasteiger partial charge in [0.05, 0.1) is 0 Å². The molecule has 0 aliphatic heterocycles. The molecule has 0 unspecified atom stereocenters. The molecule has 0 radical (unpaired) electrons. The summed E-state index contributed by atoms with van der Waals surface area (Å²) in [5.74, 6) is 0. The van der Waals surface area contributed by atoms with Crippen molar-refractivity contribution in [3.63, 3.8) is 0 Å². The van der Waals surface area contributed by atoms with Crippen molar-refractivity contribution in [2.45, 2.75) is 33.4 Å². The van der Waals surface area contributed by atoms with Crippen molar-refractivity contribution in [3.8, 4) is 0 Å². The molecule has 0 heterocycles. The second kappa shape index (κ2) is 7.42. The maximum absolute atomic E-state index is 3.51. The molecule has 0 bridgehead atoms. The highest BCUT2D eigenvalue weighted by Gasteiger charge is 2.08. The second-order valence-electron chi connectivity index (χ2n) is 4.19. The highest BCUT2D eigenvalue weighted by atomic mass is 15.2. The van der Waals surface area contributed by atoms with Crippen LogP contribution >= 0.6 is 0 Å². The summed E-state index contributed by atoms with van der Waals surface area (Å²) < 4.78 is 0. The van der Waals surface area contributed by atoms with Crippen LogP contribution in [0.4, 0.5) is 0 Å². The number of nitrogens with one attached hydrogen (secondary N) is 1. The Kier molecular flexibility index (Phi) is 6.12. The number of benzene rings is 1. The van der Waals surface area contributed by atoms with Crippen LogP contribution < -0.4 is 5.32 Å². The quantitative estimate of drug-likeness (QED) is 0.759. The highest BCUT2D eigenvalue weighted by molar-refractivity contribution is 5.14. The predicted molar refractivity (Wildman–Crippen MR) is 70.5 cm³/mol. The lowest BCUT2D eigenvalue weighted by Gasteiger charge is -2.26. The summed E-state index contributed by atoms with van der Waals surface area (Å²) in [5.41, 5.74) is 1.36. The lowest BCUT2D eigenvalue weighted by Crippen LogP contribution is -2.39. The van der Waals surface area contributed by atoms with Crippen molar-refractivity contribution in [1.29, 1.82) is 0 Å². The fraction of sp³-hybridized carbons (Fsp3) is 0.571. The summed E-state index contributed by atoms with van der Waals surface area (Å²) >= 11 is 0. The van der Waals surface area contributed by atoms with E-state index in [1.54, 1.807) is 0 Å². The molecular formula is C14H24N2. The summed E-state index contributed by atoms with van der Waals surface area (Å²) in [6, 6.07) is 11.2. The van der Waals surface area contributed by atoms with Crippen LogP contribution in [0.15, 0.2) is 30.3 Å². The molecule has 0 aliphatic carbocycles. The summed E-state index contributed by atoms with van der Waals surface area (Å²) in [5, 5.41) is 3.51. The minimum absolute atomic E-state index is 0.610. The number of hydrogen-bond acceptors (Lipinski definition) is 2. The molecule has 90 valence electrons. The average molecular weight is 220 g/mol. The van der Waals surface area contributed by atoms with Crippen LogP contribution in [-0.2, 0) is 6.54 Å². The number of likely N-dealkylation sites (N-methyl/N-ethyl adjacent to an activating group) is 1. The first-order valence-corrected chi connectivity index (χ1v) is 6.26. The van der Waals surface area contributed by atoms with Gasteiger partial charge in [-0.25, -0.2) is 0 Å². The van der Waals surface area contributed by atoms with Gasteiger partial charge in [0.2, 0.25) is 0 Å². The largest absolute Gasteiger partial charge is 0.311 e. The first kappa shape index (κ1) is 13.2. The molecule has 0 aromatic heterocycles. The molecule has 1 aromatic carbocycles. The van der Waals surface area contributed by atoms with Gasteiger partial charge in [-0.15, -0.1) is 0 Å². The Labute approximate surface area is 99.7 Å². The lowest BCUT2D eigenvalue weighted by atomic mass is 10.2. The van der Waals surface area contributed by atoms with E-state index in [9.17, 15) is 0 Å². The first-order valence-electron chi connectivity index (χ1n) is 6.26. The summed E-state index contributed by atoms with van der Waals surface area (Å²) in [6.45, 7) is 11.0. The Balaban J connectivity index is 2.25. The van der Waals surface area contributed by atoms with Crippen LogP contribution in [0, 0.1) is 0 Å². The van der Waals surface area contributed by atoms with Crippen LogP contribution in [-0.4, -0.2) is 30.6 Å². The maximum atomic E-state index is 3.51. The molecule has 16 heavy (non-hydrogen) atoms. The second-order valence-corrected chi connectivity index (χ2v) is 4.19. The van der Waals surface area contributed by atoms with Gasteiger partial charge >= 0.3 is 0 Å². The molecule has 2 nitrogen and oxygen atoms in total. The molecule has 1 N–H and O–H groups in total. The monoisotopic (exact) mass is 220 g/mol. The Morgan fingerprint density at radius 3 is 2.31 bits per heavy atom. The third-order valence-electron chi connectivity index (χ3n) is 3.05. The van der Waals surface area contributed by atoms with E-state index in [0.717, 1.165) is 26.2 Å². The fourth-order valence-electron chi connectivity index (χ4n) is 2.00. The minimum atomic E-state index is 0.610. The van der Waals surface area contributed by atoms with E-state index < -0.39 is 0 Å². The first-order chi connectivity index (χ1) is 7.77. The minimum Gasteiger partial charge on any atom is -0.311 e. The van der Waals surface area contributed by atoms with Gasteiger partial charge in [0.1, 0.15) is 0 Å². The van der Waals surface area contributed by atoms with Gasteiger partial charge in [-0.3, -0.25) is 4.90 Å². The molecule has 0 spiro atoms.